The van der Waals surface area contributed by atoms with Gasteiger partial charge in [0.05, 0.1) is 18.8 Å². The van der Waals surface area contributed by atoms with Crippen LogP contribution < -0.4 is 0 Å². The van der Waals surface area contributed by atoms with E-state index in [0.29, 0.717) is 5.02 Å². The van der Waals surface area contributed by atoms with Crippen LogP contribution in [0.5, 0.6) is 0 Å². The van der Waals surface area contributed by atoms with Gasteiger partial charge in [-0.3, -0.25) is 4.79 Å². The second kappa shape index (κ2) is 7.87. The first-order valence-corrected chi connectivity index (χ1v) is 9.37. The van der Waals surface area contributed by atoms with Gasteiger partial charge in [-0.15, -0.1) is 0 Å². The van der Waals surface area contributed by atoms with E-state index in [1.54, 1.807) is 0 Å². The summed E-state index contributed by atoms with van der Waals surface area (Å²) in [6.07, 6.45) is 0. The van der Waals surface area contributed by atoms with Gasteiger partial charge in [-0.05, 0) is 23.8 Å². The van der Waals surface area contributed by atoms with Crippen molar-refractivity contribution in [1.82, 2.24) is 4.90 Å². The predicted octanol–water partition coefficient (Wildman–Crippen LogP) is 5.00. The molecule has 0 spiro atoms. The van der Waals surface area contributed by atoms with Crippen LogP contribution in [0.3, 0.4) is 0 Å². The van der Waals surface area contributed by atoms with E-state index in [2.05, 4.69) is 0 Å². The van der Waals surface area contributed by atoms with Crippen LogP contribution in [0.15, 0.2) is 83.9 Å². The molecule has 3 aromatic rings. The Morgan fingerprint density at radius 2 is 1.71 bits per heavy atom. The van der Waals surface area contributed by atoms with Gasteiger partial charge in [0.1, 0.15) is 12.4 Å². The molecule has 4 nitrogen and oxygen atoms in total. The van der Waals surface area contributed by atoms with Crippen molar-refractivity contribution in [2.45, 2.75) is 6.04 Å². The highest BCUT2D eigenvalue weighted by molar-refractivity contribution is 6.30. The number of amidine groups is 1. The summed E-state index contributed by atoms with van der Waals surface area (Å²) in [6, 6.07) is 25.4. The topological polar surface area (TPSA) is 41.9 Å². The Morgan fingerprint density at radius 3 is 2.39 bits per heavy atom. The number of methoxy groups -OCH3 is 1. The smallest absolute Gasteiger partial charge is 0.325 e. The fraction of sp³-hybridized carbons (Fsp3) is 0.130. The average molecular weight is 391 g/mol. The average Bonchev–Trinajstić information content (AvgIpc) is 2.74. The van der Waals surface area contributed by atoms with Crippen molar-refractivity contribution in [2.75, 3.05) is 13.7 Å². The fourth-order valence-electron chi connectivity index (χ4n) is 3.50. The van der Waals surface area contributed by atoms with Gasteiger partial charge in [-0.25, -0.2) is 4.99 Å². The number of halogens is 1. The predicted molar refractivity (Wildman–Crippen MR) is 111 cm³/mol. The lowest BCUT2D eigenvalue weighted by Crippen LogP contribution is -2.42. The number of fused-ring (bicyclic) bond motifs is 1. The molecule has 5 heteroatoms. The molecule has 1 aliphatic rings. The summed E-state index contributed by atoms with van der Waals surface area (Å²) in [7, 11) is 1.40. The molecule has 0 aliphatic carbocycles. The monoisotopic (exact) mass is 390 g/mol. The van der Waals surface area contributed by atoms with E-state index in [-0.39, 0.29) is 18.6 Å². The number of carbonyl (C=O) groups is 1. The van der Waals surface area contributed by atoms with Gasteiger partial charge in [0, 0.05) is 16.1 Å². The second-order valence-corrected chi connectivity index (χ2v) is 6.96. The molecule has 1 atom stereocenters. The van der Waals surface area contributed by atoms with Crippen LogP contribution in [0.1, 0.15) is 22.7 Å². The van der Waals surface area contributed by atoms with Crippen LogP contribution in [0.4, 0.5) is 5.69 Å². The van der Waals surface area contributed by atoms with Crippen molar-refractivity contribution in [1.29, 1.82) is 0 Å². The first kappa shape index (κ1) is 18.3. The molecule has 0 aromatic heterocycles. The number of nitrogens with zero attached hydrogens (tertiary/aromatic N) is 2. The summed E-state index contributed by atoms with van der Waals surface area (Å²) in [5, 5.41) is 0.635. The van der Waals surface area contributed by atoms with E-state index < -0.39 is 0 Å². The highest BCUT2D eigenvalue weighted by Crippen LogP contribution is 2.41. The Hall–Kier alpha value is -3.11. The standard InChI is InChI=1S/C23H19ClN2O2/c1-28-21(27)15-26-22(16-8-4-2-5-9-16)19-14-18(24)12-13-20(19)25-23(26)17-10-6-3-7-11-17/h2-14,22H,15H2,1H3/t22-/m0/s1. The Balaban J connectivity index is 1.94. The zero-order valence-corrected chi connectivity index (χ0v) is 16.1. The normalized spacial score (nSPS) is 15.6. The maximum Gasteiger partial charge on any atom is 0.325 e. The number of rotatable bonds is 4. The molecule has 28 heavy (non-hydrogen) atoms. The Morgan fingerprint density at radius 1 is 1.04 bits per heavy atom. The van der Waals surface area contributed by atoms with E-state index in [1.807, 2.05) is 83.8 Å². The summed E-state index contributed by atoms with van der Waals surface area (Å²) < 4.78 is 4.97. The van der Waals surface area contributed by atoms with Gasteiger partial charge >= 0.3 is 5.97 Å². The third-order valence-corrected chi connectivity index (χ3v) is 5.00. The van der Waals surface area contributed by atoms with Crippen molar-refractivity contribution in [3.63, 3.8) is 0 Å². The molecular weight excluding hydrogens is 372 g/mol. The van der Waals surface area contributed by atoms with Crippen molar-refractivity contribution in [2.24, 2.45) is 4.99 Å². The number of hydrogen-bond donors (Lipinski definition) is 0. The molecule has 0 saturated carbocycles. The molecule has 3 aromatic carbocycles. The number of carbonyl (C=O) groups excluding carboxylic acids is 1. The summed E-state index contributed by atoms with van der Waals surface area (Å²) in [5.41, 5.74) is 3.80. The Kier molecular flexibility index (Phi) is 5.13. The van der Waals surface area contributed by atoms with E-state index >= 15 is 0 Å². The third kappa shape index (κ3) is 3.51. The van der Waals surface area contributed by atoms with Crippen LogP contribution in [-0.4, -0.2) is 30.4 Å². The van der Waals surface area contributed by atoms with Gasteiger partial charge in [-0.2, -0.15) is 0 Å². The minimum Gasteiger partial charge on any atom is -0.468 e. The summed E-state index contributed by atoms with van der Waals surface area (Å²) in [4.78, 5) is 19.1. The molecule has 1 aliphatic heterocycles. The van der Waals surface area contributed by atoms with Crippen molar-refractivity contribution in [3.8, 4) is 0 Å². The lowest BCUT2D eigenvalue weighted by atomic mass is 9.93. The number of esters is 1. The lowest BCUT2D eigenvalue weighted by molar-refractivity contribution is -0.141. The summed E-state index contributed by atoms with van der Waals surface area (Å²) in [5.74, 6) is 0.407. The van der Waals surface area contributed by atoms with E-state index in [9.17, 15) is 4.79 Å². The summed E-state index contributed by atoms with van der Waals surface area (Å²) in [6.45, 7) is 0.0791. The molecule has 4 rings (SSSR count). The third-order valence-electron chi connectivity index (χ3n) is 4.77. The van der Waals surface area contributed by atoms with E-state index in [0.717, 1.165) is 28.2 Å². The fourth-order valence-corrected chi connectivity index (χ4v) is 3.68. The molecule has 140 valence electrons. The maximum atomic E-state index is 12.3. The van der Waals surface area contributed by atoms with Crippen LogP contribution in [0.2, 0.25) is 5.02 Å². The van der Waals surface area contributed by atoms with E-state index in [4.69, 9.17) is 21.3 Å². The summed E-state index contributed by atoms with van der Waals surface area (Å²) >= 11 is 6.30. The highest BCUT2D eigenvalue weighted by atomic mass is 35.5. The molecule has 0 unspecified atom stereocenters. The Labute approximate surface area is 169 Å². The van der Waals surface area contributed by atoms with Gasteiger partial charge in [0.2, 0.25) is 0 Å². The van der Waals surface area contributed by atoms with Crippen molar-refractivity contribution < 1.29 is 9.53 Å². The molecule has 0 saturated heterocycles. The van der Waals surface area contributed by atoms with Gasteiger partial charge < -0.3 is 9.64 Å². The van der Waals surface area contributed by atoms with Gasteiger partial charge in [0.25, 0.3) is 0 Å². The van der Waals surface area contributed by atoms with Crippen LogP contribution in [-0.2, 0) is 9.53 Å². The van der Waals surface area contributed by atoms with Gasteiger partial charge in [0.15, 0.2) is 0 Å². The molecule has 0 N–H and O–H groups in total. The zero-order chi connectivity index (χ0) is 19.5. The first-order chi connectivity index (χ1) is 13.7. The van der Waals surface area contributed by atoms with Crippen LogP contribution in [0, 0.1) is 0 Å². The second-order valence-electron chi connectivity index (χ2n) is 6.52. The van der Waals surface area contributed by atoms with Crippen LogP contribution in [0.25, 0.3) is 0 Å². The van der Waals surface area contributed by atoms with E-state index in [1.165, 1.54) is 7.11 Å². The maximum absolute atomic E-state index is 12.3. The lowest BCUT2D eigenvalue weighted by Gasteiger charge is -2.38. The molecule has 0 bridgehead atoms. The number of benzene rings is 3. The zero-order valence-electron chi connectivity index (χ0n) is 15.4. The molecule has 0 amide bonds. The molecule has 1 heterocycles. The van der Waals surface area contributed by atoms with Crippen molar-refractivity contribution in [3.05, 3.63) is 101 Å². The number of aliphatic imine (C=N–C) groups is 1. The number of hydrogen-bond acceptors (Lipinski definition) is 4. The molecule has 0 radical (unpaired) electrons. The molecule has 0 fully saturated rings. The SMILES string of the molecule is COC(=O)CN1C(c2ccccc2)=Nc2ccc(Cl)cc2[C@@H]1c1ccccc1. The molecular formula is C23H19ClN2O2. The largest absolute Gasteiger partial charge is 0.468 e. The highest BCUT2D eigenvalue weighted by Gasteiger charge is 2.33. The Bertz CT molecular complexity index is 1020. The number of ether oxygens (including phenoxy) is 1. The quantitative estimate of drug-likeness (QED) is 0.589. The minimum absolute atomic E-state index is 0.0791. The van der Waals surface area contributed by atoms with Crippen molar-refractivity contribution >= 4 is 29.1 Å². The van der Waals surface area contributed by atoms with Crippen LogP contribution >= 0.6 is 11.6 Å². The minimum atomic E-state index is -0.324. The van der Waals surface area contributed by atoms with Gasteiger partial charge in [-0.1, -0.05) is 72.3 Å². The first-order valence-electron chi connectivity index (χ1n) is 8.99.